The predicted molar refractivity (Wildman–Crippen MR) is 95.4 cm³/mol. The number of nitrogens with zero attached hydrogens (tertiary/aromatic N) is 1. The van der Waals surface area contributed by atoms with Crippen molar-refractivity contribution in [2.75, 3.05) is 22.7 Å². The molecule has 0 aromatic heterocycles. The van der Waals surface area contributed by atoms with E-state index in [9.17, 15) is 13.2 Å². The van der Waals surface area contributed by atoms with Crippen LogP contribution in [0.15, 0.2) is 59.5 Å². The zero-order valence-corrected chi connectivity index (χ0v) is 14.3. The Bertz CT molecular complexity index is 774. The lowest BCUT2D eigenvalue weighted by molar-refractivity contribution is -0.114. The van der Waals surface area contributed by atoms with Crippen LogP contribution < -0.4 is 15.4 Å². The second-order valence-electron chi connectivity index (χ2n) is 5.26. The number of rotatable bonds is 7. The zero-order chi connectivity index (χ0) is 17.6. The first-order chi connectivity index (χ1) is 11.4. The van der Waals surface area contributed by atoms with Gasteiger partial charge in [-0.15, -0.1) is 0 Å². The minimum absolute atomic E-state index is 0.164. The Balaban J connectivity index is 2.35. The van der Waals surface area contributed by atoms with E-state index in [1.54, 1.807) is 36.4 Å². The molecule has 3 N–H and O–H groups in total. The summed E-state index contributed by atoms with van der Waals surface area (Å²) in [5.74, 6) is -0.209. The Morgan fingerprint density at radius 2 is 1.71 bits per heavy atom. The largest absolute Gasteiger partial charge is 0.330 e. The molecule has 2 aromatic carbocycles. The molecule has 0 aliphatic carbocycles. The summed E-state index contributed by atoms with van der Waals surface area (Å²) in [5, 5.41) is 2.61. The Morgan fingerprint density at radius 3 is 2.25 bits per heavy atom. The van der Waals surface area contributed by atoms with Gasteiger partial charge in [-0.05, 0) is 49.4 Å². The summed E-state index contributed by atoms with van der Waals surface area (Å²) in [4.78, 5) is 11.2. The molecule has 7 heteroatoms. The minimum Gasteiger partial charge on any atom is -0.330 e. The smallest absolute Gasteiger partial charge is 0.264 e. The van der Waals surface area contributed by atoms with Gasteiger partial charge in [0.15, 0.2) is 0 Å². The molecule has 6 nitrogen and oxygen atoms in total. The van der Waals surface area contributed by atoms with E-state index in [0.717, 1.165) is 0 Å². The molecule has 0 fully saturated rings. The molecule has 0 heterocycles. The third-order valence-electron chi connectivity index (χ3n) is 3.37. The van der Waals surface area contributed by atoms with Crippen molar-refractivity contribution in [1.82, 2.24) is 0 Å². The van der Waals surface area contributed by atoms with E-state index in [1.165, 1.54) is 23.4 Å². The van der Waals surface area contributed by atoms with Gasteiger partial charge in [-0.3, -0.25) is 9.10 Å². The number of nitrogens with one attached hydrogen (secondary N) is 1. The molecule has 128 valence electrons. The molecule has 0 unspecified atom stereocenters. The fraction of sp³-hybridized carbons (Fsp3) is 0.235. The van der Waals surface area contributed by atoms with Gasteiger partial charge in [-0.1, -0.05) is 18.2 Å². The van der Waals surface area contributed by atoms with Gasteiger partial charge >= 0.3 is 0 Å². The SMILES string of the molecule is CC(=O)Nc1ccc(S(=O)(=O)N(CCCN)c2ccccc2)cc1. The normalized spacial score (nSPS) is 11.1. The van der Waals surface area contributed by atoms with E-state index < -0.39 is 10.0 Å². The molecule has 2 rings (SSSR count). The highest BCUT2D eigenvalue weighted by atomic mass is 32.2. The Hall–Kier alpha value is -2.38. The fourth-order valence-corrected chi connectivity index (χ4v) is 3.76. The van der Waals surface area contributed by atoms with Crippen molar-refractivity contribution in [3.63, 3.8) is 0 Å². The van der Waals surface area contributed by atoms with Crippen LogP contribution in [0.2, 0.25) is 0 Å². The predicted octanol–water partition coefficient (Wildman–Crippen LogP) is 2.19. The molecule has 24 heavy (non-hydrogen) atoms. The van der Waals surface area contributed by atoms with Crippen molar-refractivity contribution in [2.45, 2.75) is 18.2 Å². The van der Waals surface area contributed by atoms with Gasteiger partial charge in [-0.25, -0.2) is 8.42 Å². The van der Waals surface area contributed by atoms with Crippen LogP contribution in [0, 0.1) is 0 Å². The monoisotopic (exact) mass is 347 g/mol. The molecule has 0 atom stereocenters. The Morgan fingerprint density at radius 1 is 1.08 bits per heavy atom. The number of hydrogen-bond acceptors (Lipinski definition) is 4. The fourth-order valence-electron chi connectivity index (χ4n) is 2.26. The van der Waals surface area contributed by atoms with Crippen LogP contribution in [-0.4, -0.2) is 27.4 Å². The van der Waals surface area contributed by atoms with Crippen LogP contribution in [0.3, 0.4) is 0 Å². The third kappa shape index (κ3) is 4.33. The highest BCUT2D eigenvalue weighted by Crippen LogP contribution is 2.24. The minimum atomic E-state index is -3.71. The van der Waals surface area contributed by atoms with Gasteiger partial charge in [0.25, 0.3) is 10.0 Å². The number of carbonyl (C=O) groups is 1. The lowest BCUT2D eigenvalue weighted by Gasteiger charge is -2.24. The molecule has 0 spiro atoms. The first kappa shape index (κ1) is 18.0. The molecule has 0 saturated heterocycles. The number of anilines is 2. The van der Waals surface area contributed by atoms with E-state index in [1.807, 2.05) is 6.07 Å². The van der Waals surface area contributed by atoms with Crippen LogP contribution in [-0.2, 0) is 14.8 Å². The van der Waals surface area contributed by atoms with Gasteiger partial charge in [0.1, 0.15) is 0 Å². The lowest BCUT2D eigenvalue weighted by Crippen LogP contribution is -2.33. The second-order valence-corrected chi connectivity index (χ2v) is 7.12. The van der Waals surface area contributed by atoms with Crippen LogP contribution in [0.5, 0.6) is 0 Å². The molecule has 0 radical (unpaired) electrons. The molecule has 0 aliphatic rings. The zero-order valence-electron chi connectivity index (χ0n) is 13.5. The van der Waals surface area contributed by atoms with Crippen molar-refractivity contribution in [2.24, 2.45) is 5.73 Å². The Labute approximate surface area is 142 Å². The summed E-state index contributed by atoms with van der Waals surface area (Å²) in [5.41, 5.74) is 6.69. The van der Waals surface area contributed by atoms with E-state index in [2.05, 4.69) is 5.32 Å². The topological polar surface area (TPSA) is 92.5 Å². The number of amides is 1. The Kier molecular flexibility index (Phi) is 5.94. The molecule has 2 aromatic rings. The number of para-hydroxylation sites is 1. The van der Waals surface area contributed by atoms with Crippen LogP contribution in [0.1, 0.15) is 13.3 Å². The summed E-state index contributed by atoms with van der Waals surface area (Å²) < 4.78 is 27.3. The summed E-state index contributed by atoms with van der Waals surface area (Å²) in [6.45, 7) is 2.10. The molecule has 0 saturated carbocycles. The second kappa shape index (κ2) is 7.94. The van der Waals surface area contributed by atoms with Crippen LogP contribution in [0.25, 0.3) is 0 Å². The highest BCUT2D eigenvalue weighted by molar-refractivity contribution is 7.92. The van der Waals surface area contributed by atoms with Gasteiger partial charge in [0.2, 0.25) is 5.91 Å². The maximum absolute atomic E-state index is 13.0. The molecular weight excluding hydrogens is 326 g/mol. The van der Waals surface area contributed by atoms with E-state index in [0.29, 0.717) is 30.9 Å². The van der Waals surface area contributed by atoms with Crippen molar-refractivity contribution in [1.29, 1.82) is 0 Å². The summed E-state index contributed by atoms with van der Waals surface area (Å²) >= 11 is 0. The summed E-state index contributed by atoms with van der Waals surface area (Å²) in [6, 6.07) is 15.0. The number of hydrogen-bond donors (Lipinski definition) is 2. The third-order valence-corrected chi connectivity index (χ3v) is 5.21. The average molecular weight is 347 g/mol. The standard InChI is InChI=1S/C17H21N3O3S/c1-14(21)19-15-8-10-17(11-9-15)24(22,23)20(13-5-12-18)16-6-3-2-4-7-16/h2-4,6-11H,5,12-13,18H2,1H3,(H,19,21). The molecule has 1 amide bonds. The van der Waals surface area contributed by atoms with Gasteiger partial charge < -0.3 is 11.1 Å². The van der Waals surface area contributed by atoms with Gasteiger partial charge in [0, 0.05) is 19.2 Å². The highest BCUT2D eigenvalue weighted by Gasteiger charge is 2.24. The van der Waals surface area contributed by atoms with Crippen molar-refractivity contribution in [3.8, 4) is 0 Å². The summed E-state index contributed by atoms with van der Waals surface area (Å²) in [7, 11) is -3.71. The molecular formula is C17H21N3O3S. The van der Waals surface area contributed by atoms with Crippen LogP contribution in [0.4, 0.5) is 11.4 Å². The van der Waals surface area contributed by atoms with Crippen molar-refractivity contribution in [3.05, 3.63) is 54.6 Å². The van der Waals surface area contributed by atoms with Crippen molar-refractivity contribution >= 4 is 27.3 Å². The number of sulfonamides is 1. The quantitative estimate of drug-likeness (QED) is 0.803. The van der Waals surface area contributed by atoms with E-state index in [-0.39, 0.29) is 10.8 Å². The first-order valence-corrected chi connectivity index (χ1v) is 9.04. The maximum atomic E-state index is 13.0. The molecule has 0 aliphatic heterocycles. The lowest BCUT2D eigenvalue weighted by atomic mass is 10.3. The number of nitrogens with two attached hydrogens (primary N) is 1. The first-order valence-electron chi connectivity index (χ1n) is 7.60. The van der Waals surface area contributed by atoms with E-state index >= 15 is 0 Å². The van der Waals surface area contributed by atoms with Gasteiger partial charge in [-0.2, -0.15) is 0 Å². The van der Waals surface area contributed by atoms with Crippen LogP contribution >= 0.6 is 0 Å². The van der Waals surface area contributed by atoms with Crippen molar-refractivity contribution < 1.29 is 13.2 Å². The number of benzene rings is 2. The maximum Gasteiger partial charge on any atom is 0.264 e. The summed E-state index contributed by atoms with van der Waals surface area (Å²) in [6.07, 6.45) is 0.554. The number of carbonyl (C=O) groups excluding carboxylic acids is 1. The average Bonchev–Trinajstić information content (AvgIpc) is 2.56. The molecule has 0 bridgehead atoms. The van der Waals surface area contributed by atoms with E-state index in [4.69, 9.17) is 5.73 Å². The van der Waals surface area contributed by atoms with Gasteiger partial charge in [0.05, 0.1) is 10.6 Å².